The van der Waals surface area contributed by atoms with Crippen LogP contribution < -0.4 is 0 Å². The first kappa shape index (κ1) is 14.3. The zero-order valence-electron chi connectivity index (χ0n) is 12.3. The molecule has 0 bridgehead atoms. The summed E-state index contributed by atoms with van der Waals surface area (Å²) in [6.45, 7) is 0.548. The molecule has 0 atom stereocenters. The first-order valence-corrected chi connectivity index (χ1v) is 8.21. The van der Waals surface area contributed by atoms with Gasteiger partial charge >= 0.3 is 0 Å². The van der Waals surface area contributed by atoms with E-state index in [1.807, 2.05) is 30.3 Å². The Labute approximate surface area is 142 Å². The third kappa shape index (κ3) is 2.51. The van der Waals surface area contributed by atoms with E-state index in [1.165, 1.54) is 6.07 Å². The summed E-state index contributed by atoms with van der Waals surface area (Å²) in [4.78, 5) is 4.73. The van der Waals surface area contributed by atoms with Crippen LogP contribution in [-0.4, -0.2) is 5.71 Å². The van der Waals surface area contributed by atoms with Gasteiger partial charge in [0.15, 0.2) is 0 Å². The summed E-state index contributed by atoms with van der Waals surface area (Å²) in [5.74, 6) is -0.247. The average Bonchev–Trinajstić information content (AvgIpc) is 2.72. The van der Waals surface area contributed by atoms with Gasteiger partial charge < -0.3 is 0 Å². The number of hydrogen-bond donors (Lipinski definition) is 0. The lowest BCUT2D eigenvalue weighted by molar-refractivity contribution is 0.625. The van der Waals surface area contributed by atoms with Crippen molar-refractivity contribution < 1.29 is 4.39 Å². The van der Waals surface area contributed by atoms with Crippen LogP contribution in [-0.2, 0) is 6.54 Å². The van der Waals surface area contributed by atoms with Gasteiger partial charge in [-0.05, 0) is 41.0 Å². The second-order valence-electron chi connectivity index (χ2n) is 5.49. The number of fused-ring (bicyclic) bond motifs is 3. The topological polar surface area (TPSA) is 12.4 Å². The highest BCUT2D eigenvalue weighted by Gasteiger charge is 2.20. The average molecular weight is 366 g/mol. The fourth-order valence-electron chi connectivity index (χ4n) is 3.00. The van der Waals surface area contributed by atoms with Crippen molar-refractivity contribution in [3.63, 3.8) is 0 Å². The molecule has 1 aliphatic rings. The van der Waals surface area contributed by atoms with Gasteiger partial charge in [0.2, 0.25) is 0 Å². The molecule has 3 aromatic rings. The van der Waals surface area contributed by atoms with E-state index >= 15 is 0 Å². The predicted octanol–water partition coefficient (Wildman–Crippen LogP) is 5.61. The van der Waals surface area contributed by atoms with E-state index in [9.17, 15) is 4.39 Å². The monoisotopic (exact) mass is 365 g/mol. The predicted molar refractivity (Wildman–Crippen MR) is 95.3 cm³/mol. The zero-order chi connectivity index (χ0) is 15.8. The molecule has 0 aliphatic carbocycles. The van der Waals surface area contributed by atoms with Crippen LogP contribution in [0.3, 0.4) is 0 Å². The quantitative estimate of drug-likeness (QED) is 0.531. The number of nitrogens with zero attached hydrogens (tertiary/aromatic N) is 1. The molecule has 112 valence electrons. The summed E-state index contributed by atoms with van der Waals surface area (Å²) in [6.07, 6.45) is 0. The van der Waals surface area contributed by atoms with Crippen molar-refractivity contribution in [2.75, 3.05) is 0 Å². The molecule has 0 saturated carbocycles. The molecule has 1 heterocycles. The van der Waals surface area contributed by atoms with E-state index < -0.39 is 0 Å². The maximum absolute atomic E-state index is 14.3. The highest BCUT2D eigenvalue weighted by atomic mass is 79.9. The minimum Gasteiger partial charge on any atom is -0.279 e. The van der Waals surface area contributed by atoms with E-state index in [0.717, 1.165) is 26.7 Å². The van der Waals surface area contributed by atoms with Crippen LogP contribution in [0.2, 0.25) is 0 Å². The molecule has 1 aliphatic heterocycles. The highest BCUT2D eigenvalue weighted by molar-refractivity contribution is 9.10. The van der Waals surface area contributed by atoms with Crippen molar-refractivity contribution in [1.82, 2.24) is 0 Å². The number of benzene rings is 3. The summed E-state index contributed by atoms with van der Waals surface area (Å²) < 4.78 is 15.3. The number of hydrogen-bond acceptors (Lipinski definition) is 1. The fourth-order valence-corrected chi connectivity index (χ4v) is 3.36. The van der Waals surface area contributed by atoms with Gasteiger partial charge in [-0.1, -0.05) is 58.4 Å². The molecule has 0 saturated heterocycles. The Kier molecular flexibility index (Phi) is 3.58. The summed E-state index contributed by atoms with van der Waals surface area (Å²) in [7, 11) is 0. The first-order valence-electron chi connectivity index (χ1n) is 7.41. The lowest BCUT2D eigenvalue weighted by atomic mass is 9.92. The van der Waals surface area contributed by atoms with Gasteiger partial charge in [-0.3, -0.25) is 4.99 Å². The van der Waals surface area contributed by atoms with Crippen molar-refractivity contribution in [1.29, 1.82) is 0 Å². The number of halogens is 2. The Balaban J connectivity index is 2.02. The molecule has 23 heavy (non-hydrogen) atoms. The lowest BCUT2D eigenvalue weighted by Crippen LogP contribution is -2.07. The normalized spacial score (nSPS) is 12.9. The van der Waals surface area contributed by atoms with E-state index in [4.69, 9.17) is 4.99 Å². The zero-order valence-corrected chi connectivity index (χ0v) is 13.8. The summed E-state index contributed by atoms with van der Waals surface area (Å²) in [6, 6.07) is 21.1. The van der Waals surface area contributed by atoms with Crippen molar-refractivity contribution in [3.05, 3.63) is 93.7 Å². The molecule has 0 unspecified atom stereocenters. The molecule has 4 rings (SSSR count). The minimum absolute atomic E-state index is 0.247. The molecule has 0 radical (unpaired) electrons. The van der Waals surface area contributed by atoms with Gasteiger partial charge in [0.25, 0.3) is 0 Å². The van der Waals surface area contributed by atoms with Gasteiger partial charge in [-0.15, -0.1) is 0 Å². The van der Waals surface area contributed by atoms with Crippen LogP contribution in [0.15, 0.2) is 76.2 Å². The van der Waals surface area contributed by atoms with E-state index in [-0.39, 0.29) is 5.82 Å². The molecule has 0 spiro atoms. The minimum atomic E-state index is -0.247. The van der Waals surface area contributed by atoms with Crippen LogP contribution in [0.1, 0.15) is 16.7 Å². The second-order valence-corrected chi connectivity index (χ2v) is 6.41. The van der Waals surface area contributed by atoms with Crippen LogP contribution >= 0.6 is 15.9 Å². The second kappa shape index (κ2) is 5.74. The Morgan fingerprint density at radius 2 is 1.52 bits per heavy atom. The summed E-state index contributed by atoms with van der Waals surface area (Å²) in [5, 5.41) is 0. The van der Waals surface area contributed by atoms with Crippen molar-refractivity contribution >= 4 is 21.6 Å². The van der Waals surface area contributed by atoms with Crippen molar-refractivity contribution in [2.24, 2.45) is 4.99 Å². The molecule has 0 aromatic heterocycles. The lowest BCUT2D eigenvalue weighted by Gasteiger charge is -2.12. The van der Waals surface area contributed by atoms with Crippen LogP contribution in [0.5, 0.6) is 0 Å². The molecule has 3 aromatic carbocycles. The van der Waals surface area contributed by atoms with E-state index in [2.05, 4.69) is 34.1 Å². The highest BCUT2D eigenvalue weighted by Crippen LogP contribution is 2.34. The van der Waals surface area contributed by atoms with Gasteiger partial charge in [0, 0.05) is 15.6 Å². The fraction of sp³-hybridized carbons (Fsp3) is 0.0500. The SMILES string of the molecule is Fc1ccccc1C1=NCc2ccccc2-c2ccc(Br)cc21. The van der Waals surface area contributed by atoms with Crippen LogP contribution in [0.4, 0.5) is 4.39 Å². The smallest absolute Gasteiger partial charge is 0.132 e. The molecular weight excluding hydrogens is 353 g/mol. The van der Waals surface area contributed by atoms with Crippen LogP contribution in [0, 0.1) is 5.82 Å². The third-order valence-corrected chi connectivity index (χ3v) is 4.57. The van der Waals surface area contributed by atoms with Gasteiger partial charge in [-0.25, -0.2) is 4.39 Å². The van der Waals surface area contributed by atoms with Gasteiger partial charge in [0.05, 0.1) is 12.3 Å². The number of rotatable bonds is 1. The molecule has 0 amide bonds. The van der Waals surface area contributed by atoms with Gasteiger partial charge in [0.1, 0.15) is 5.82 Å². The third-order valence-electron chi connectivity index (χ3n) is 4.08. The Morgan fingerprint density at radius 1 is 0.783 bits per heavy atom. The number of aliphatic imine (C=N–C) groups is 1. The Morgan fingerprint density at radius 3 is 2.35 bits per heavy atom. The molecule has 0 fully saturated rings. The van der Waals surface area contributed by atoms with E-state index in [1.54, 1.807) is 12.1 Å². The molecule has 0 N–H and O–H groups in total. The Bertz CT molecular complexity index is 930. The van der Waals surface area contributed by atoms with E-state index in [0.29, 0.717) is 17.8 Å². The molecule has 1 nitrogen and oxygen atoms in total. The summed E-state index contributed by atoms with van der Waals surface area (Å²) in [5.41, 5.74) is 5.60. The first-order chi connectivity index (χ1) is 11.2. The maximum Gasteiger partial charge on any atom is 0.132 e. The van der Waals surface area contributed by atoms with Gasteiger partial charge in [-0.2, -0.15) is 0 Å². The van der Waals surface area contributed by atoms with Crippen molar-refractivity contribution in [3.8, 4) is 11.1 Å². The molecular formula is C20H13BrFN. The molecule has 3 heteroatoms. The Hall–Kier alpha value is -2.26. The largest absolute Gasteiger partial charge is 0.279 e. The maximum atomic E-state index is 14.3. The van der Waals surface area contributed by atoms with Crippen LogP contribution in [0.25, 0.3) is 11.1 Å². The van der Waals surface area contributed by atoms with Crippen molar-refractivity contribution in [2.45, 2.75) is 6.54 Å². The summed E-state index contributed by atoms with van der Waals surface area (Å²) >= 11 is 3.53. The standard InChI is InChI=1S/C20H13BrFN/c21-14-9-10-16-15-6-2-1-5-13(15)12-23-20(18(16)11-14)17-7-3-4-8-19(17)22/h1-11H,12H2.